The number of methoxy groups -OCH3 is 2. The van der Waals surface area contributed by atoms with Crippen LogP contribution in [0.4, 0.5) is 5.82 Å². The molecule has 0 atom stereocenters. The molecule has 0 bridgehead atoms. The van der Waals surface area contributed by atoms with Gasteiger partial charge in [-0.05, 0) is 36.2 Å². The van der Waals surface area contributed by atoms with Gasteiger partial charge in [-0.15, -0.1) is 6.58 Å². The van der Waals surface area contributed by atoms with Crippen LogP contribution < -0.4 is 14.8 Å². The van der Waals surface area contributed by atoms with Crippen LogP contribution in [0, 0.1) is 11.3 Å². The van der Waals surface area contributed by atoms with E-state index in [9.17, 15) is 0 Å². The standard InChI is InChI=1S/C18H19N3O2/c1-4-5-15-8-14(9-16(22-2)18(15)23-3)12-21-17-7-6-13(10-19)11-20-17/h4,6-9,11H,1,5,12H2,2-3H3,(H,20,21). The lowest BCUT2D eigenvalue weighted by Crippen LogP contribution is -2.04. The summed E-state index contributed by atoms with van der Waals surface area (Å²) in [5.41, 5.74) is 2.60. The fourth-order valence-electron chi connectivity index (χ4n) is 2.27. The van der Waals surface area contributed by atoms with Gasteiger partial charge in [0.05, 0.1) is 19.8 Å². The lowest BCUT2D eigenvalue weighted by atomic mass is 10.1. The van der Waals surface area contributed by atoms with Gasteiger partial charge in [0.1, 0.15) is 11.9 Å². The molecule has 2 rings (SSSR count). The van der Waals surface area contributed by atoms with Gasteiger partial charge in [-0.25, -0.2) is 4.98 Å². The van der Waals surface area contributed by atoms with Gasteiger partial charge >= 0.3 is 0 Å². The Balaban J connectivity index is 2.19. The first kappa shape index (κ1) is 16.4. The number of hydrogen-bond donors (Lipinski definition) is 1. The molecule has 0 amide bonds. The second-order valence-corrected chi connectivity index (χ2v) is 4.88. The smallest absolute Gasteiger partial charge is 0.164 e. The van der Waals surface area contributed by atoms with Gasteiger partial charge in [-0.2, -0.15) is 5.26 Å². The normalized spacial score (nSPS) is 9.78. The van der Waals surface area contributed by atoms with Gasteiger partial charge < -0.3 is 14.8 Å². The number of nitrogens with zero attached hydrogens (tertiary/aromatic N) is 2. The molecule has 0 aliphatic heterocycles. The summed E-state index contributed by atoms with van der Waals surface area (Å²) in [5, 5.41) is 12.0. The summed E-state index contributed by atoms with van der Waals surface area (Å²) in [7, 11) is 3.25. The molecule has 1 aromatic carbocycles. The quantitative estimate of drug-likeness (QED) is 0.795. The summed E-state index contributed by atoms with van der Waals surface area (Å²) in [6, 6.07) is 9.55. The average Bonchev–Trinajstić information content (AvgIpc) is 2.60. The highest BCUT2D eigenvalue weighted by atomic mass is 16.5. The molecule has 5 heteroatoms. The van der Waals surface area contributed by atoms with Gasteiger partial charge in [-0.3, -0.25) is 0 Å². The first-order chi connectivity index (χ1) is 11.2. The Hall–Kier alpha value is -3.00. The Morgan fingerprint density at radius 1 is 1.30 bits per heavy atom. The van der Waals surface area contributed by atoms with E-state index in [-0.39, 0.29) is 0 Å². The number of anilines is 1. The second-order valence-electron chi connectivity index (χ2n) is 4.88. The number of benzene rings is 1. The molecule has 0 aliphatic carbocycles. The van der Waals surface area contributed by atoms with Crippen LogP contribution in [0.1, 0.15) is 16.7 Å². The topological polar surface area (TPSA) is 67.2 Å². The van der Waals surface area contributed by atoms with Crippen molar-refractivity contribution in [2.45, 2.75) is 13.0 Å². The molecule has 0 aliphatic rings. The van der Waals surface area contributed by atoms with E-state index in [1.165, 1.54) is 0 Å². The molecule has 0 spiro atoms. The summed E-state index contributed by atoms with van der Waals surface area (Å²) < 4.78 is 10.8. The zero-order valence-electron chi connectivity index (χ0n) is 13.3. The van der Waals surface area contributed by atoms with Crippen LogP contribution in [-0.4, -0.2) is 19.2 Å². The number of nitrogens with one attached hydrogen (secondary N) is 1. The lowest BCUT2D eigenvalue weighted by molar-refractivity contribution is 0.352. The fraction of sp³-hybridized carbons (Fsp3) is 0.222. The molecular weight excluding hydrogens is 290 g/mol. The molecule has 0 saturated carbocycles. The van der Waals surface area contributed by atoms with E-state index in [4.69, 9.17) is 14.7 Å². The molecule has 0 saturated heterocycles. The highest BCUT2D eigenvalue weighted by Gasteiger charge is 2.11. The van der Waals surface area contributed by atoms with Crippen molar-refractivity contribution in [2.24, 2.45) is 0 Å². The van der Waals surface area contributed by atoms with E-state index in [0.29, 0.717) is 30.1 Å². The minimum Gasteiger partial charge on any atom is -0.493 e. The maximum Gasteiger partial charge on any atom is 0.164 e. The van der Waals surface area contributed by atoms with Crippen molar-refractivity contribution >= 4 is 5.82 Å². The predicted octanol–water partition coefficient (Wildman–Crippen LogP) is 3.31. The summed E-state index contributed by atoms with van der Waals surface area (Å²) in [4.78, 5) is 4.19. The Kier molecular flexibility index (Phi) is 5.59. The van der Waals surface area contributed by atoms with Crippen LogP contribution in [-0.2, 0) is 13.0 Å². The third-order valence-corrected chi connectivity index (χ3v) is 3.35. The van der Waals surface area contributed by atoms with Crippen LogP contribution in [0.15, 0.2) is 43.1 Å². The molecule has 1 heterocycles. The van der Waals surface area contributed by atoms with Crippen LogP contribution >= 0.6 is 0 Å². The predicted molar refractivity (Wildman–Crippen MR) is 89.7 cm³/mol. The Morgan fingerprint density at radius 3 is 2.70 bits per heavy atom. The maximum atomic E-state index is 8.78. The van der Waals surface area contributed by atoms with Crippen LogP contribution in [0.25, 0.3) is 0 Å². The minimum absolute atomic E-state index is 0.537. The largest absolute Gasteiger partial charge is 0.493 e. The first-order valence-electron chi connectivity index (χ1n) is 7.16. The molecule has 0 unspecified atom stereocenters. The highest BCUT2D eigenvalue weighted by molar-refractivity contribution is 5.51. The molecule has 0 radical (unpaired) electrons. The maximum absolute atomic E-state index is 8.78. The number of allylic oxidation sites excluding steroid dienone is 1. The average molecular weight is 309 g/mol. The van der Waals surface area contributed by atoms with Crippen LogP contribution in [0.2, 0.25) is 0 Å². The van der Waals surface area contributed by atoms with E-state index < -0.39 is 0 Å². The number of rotatable bonds is 7. The zero-order valence-corrected chi connectivity index (χ0v) is 13.3. The zero-order chi connectivity index (χ0) is 16.7. The van der Waals surface area contributed by atoms with Gasteiger partial charge in [0, 0.05) is 18.3 Å². The van der Waals surface area contributed by atoms with Crippen molar-refractivity contribution in [1.82, 2.24) is 4.98 Å². The number of nitriles is 1. The first-order valence-corrected chi connectivity index (χ1v) is 7.16. The van der Waals surface area contributed by atoms with Crippen molar-refractivity contribution in [2.75, 3.05) is 19.5 Å². The Labute approximate surface area is 136 Å². The molecule has 23 heavy (non-hydrogen) atoms. The molecule has 2 aromatic rings. The number of pyridine rings is 1. The third-order valence-electron chi connectivity index (χ3n) is 3.35. The van der Waals surface area contributed by atoms with Crippen molar-refractivity contribution in [3.63, 3.8) is 0 Å². The van der Waals surface area contributed by atoms with Crippen molar-refractivity contribution in [1.29, 1.82) is 5.26 Å². The number of hydrogen-bond acceptors (Lipinski definition) is 5. The fourth-order valence-corrected chi connectivity index (χ4v) is 2.27. The van der Waals surface area contributed by atoms with Gasteiger partial charge in [-0.1, -0.05) is 6.08 Å². The van der Waals surface area contributed by atoms with Gasteiger partial charge in [0.25, 0.3) is 0 Å². The van der Waals surface area contributed by atoms with Gasteiger partial charge in [0.15, 0.2) is 11.5 Å². The Bertz CT molecular complexity index is 718. The van der Waals surface area contributed by atoms with Crippen molar-refractivity contribution in [3.05, 3.63) is 59.8 Å². The number of aromatic nitrogens is 1. The van der Waals surface area contributed by atoms with Crippen molar-refractivity contribution in [3.8, 4) is 17.6 Å². The second kappa shape index (κ2) is 7.85. The molecule has 1 aromatic heterocycles. The third kappa shape index (κ3) is 4.01. The monoisotopic (exact) mass is 309 g/mol. The Morgan fingerprint density at radius 2 is 2.13 bits per heavy atom. The number of ether oxygens (including phenoxy) is 2. The summed E-state index contributed by atoms with van der Waals surface area (Å²) >= 11 is 0. The summed E-state index contributed by atoms with van der Waals surface area (Å²) in [6.07, 6.45) is 4.07. The molecular formula is C18H19N3O2. The highest BCUT2D eigenvalue weighted by Crippen LogP contribution is 2.33. The van der Waals surface area contributed by atoms with Gasteiger partial charge in [0.2, 0.25) is 0 Å². The van der Waals surface area contributed by atoms with E-state index in [1.54, 1.807) is 32.5 Å². The SMILES string of the molecule is C=CCc1cc(CNc2ccc(C#N)cn2)cc(OC)c1OC. The summed E-state index contributed by atoms with van der Waals surface area (Å²) in [6.45, 7) is 4.36. The molecule has 1 N–H and O–H groups in total. The molecule has 5 nitrogen and oxygen atoms in total. The van der Waals surface area contributed by atoms with Crippen LogP contribution in [0.5, 0.6) is 11.5 Å². The molecule has 0 fully saturated rings. The van der Waals surface area contributed by atoms with E-state index in [0.717, 1.165) is 16.9 Å². The van der Waals surface area contributed by atoms with E-state index >= 15 is 0 Å². The summed E-state index contributed by atoms with van der Waals surface area (Å²) in [5.74, 6) is 2.13. The lowest BCUT2D eigenvalue weighted by Gasteiger charge is -2.15. The van der Waals surface area contributed by atoms with Crippen molar-refractivity contribution < 1.29 is 9.47 Å². The minimum atomic E-state index is 0.537. The van der Waals surface area contributed by atoms with E-state index in [2.05, 4.69) is 22.9 Å². The van der Waals surface area contributed by atoms with Crippen LogP contribution in [0.3, 0.4) is 0 Å². The molecule has 118 valence electrons. The van der Waals surface area contributed by atoms with E-state index in [1.807, 2.05) is 18.2 Å².